The lowest BCUT2D eigenvalue weighted by atomic mass is 9.97. The predicted molar refractivity (Wildman–Crippen MR) is 87.4 cm³/mol. The highest BCUT2D eigenvalue weighted by molar-refractivity contribution is 7.99. The van der Waals surface area contributed by atoms with E-state index in [0.717, 1.165) is 12.1 Å². The lowest BCUT2D eigenvalue weighted by Gasteiger charge is -2.47. The van der Waals surface area contributed by atoms with Gasteiger partial charge in [0.15, 0.2) is 0 Å². The summed E-state index contributed by atoms with van der Waals surface area (Å²) in [6.07, 6.45) is 4.25. The van der Waals surface area contributed by atoms with Crippen molar-refractivity contribution < 1.29 is 0 Å². The van der Waals surface area contributed by atoms with E-state index >= 15 is 0 Å². The van der Waals surface area contributed by atoms with E-state index in [1.807, 2.05) is 11.8 Å². The highest BCUT2D eigenvalue weighted by Crippen LogP contribution is 2.25. The Balaban J connectivity index is 1.47. The van der Waals surface area contributed by atoms with Crippen LogP contribution >= 0.6 is 11.8 Å². The van der Waals surface area contributed by atoms with Crippen LogP contribution in [0.1, 0.15) is 26.2 Å². The summed E-state index contributed by atoms with van der Waals surface area (Å²) in [5, 5.41) is 0. The summed E-state index contributed by atoms with van der Waals surface area (Å²) >= 11 is 1.99. The molecule has 0 aliphatic carbocycles. The van der Waals surface area contributed by atoms with Crippen LogP contribution in [-0.2, 0) is 0 Å². The molecule has 0 saturated carbocycles. The Morgan fingerprint density at radius 2 is 2.00 bits per heavy atom. The van der Waals surface area contributed by atoms with E-state index in [1.54, 1.807) is 0 Å². The lowest BCUT2D eigenvalue weighted by Crippen LogP contribution is -2.58. The number of rotatable bonds is 4. The quantitative estimate of drug-likeness (QED) is 0.785. The molecule has 0 N–H and O–H groups in total. The average molecular weight is 290 g/mol. The van der Waals surface area contributed by atoms with Crippen LogP contribution < -0.4 is 0 Å². The minimum atomic E-state index is 0.723. The van der Waals surface area contributed by atoms with Gasteiger partial charge in [-0.2, -0.15) is 0 Å². The highest BCUT2D eigenvalue weighted by Gasteiger charge is 2.32. The highest BCUT2D eigenvalue weighted by atomic mass is 32.2. The van der Waals surface area contributed by atoms with E-state index in [0.29, 0.717) is 0 Å². The molecule has 2 nitrogen and oxygen atoms in total. The van der Waals surface area contributed by atoms with Crippen LogP contribution in [0.4, 0.5) is 0 Å². The fourth-order valence-electron chi connectivity index (χ4n) is 3.52. The third-order valence-electron chi connectivity index (χ3n) is 4.71. The number of thioether (sulfide) groups is 1. The molecule has 3 rings (SSSR count). The van der Waals surface area contributed by atoms with Crippen LogP contribution in [0.25, 0.3) is 0 Å². The monoisotopic (exact) mass is 290 g/mol. The molecule has 2 aliphatic rings. The standard InChI is InChI=1S/C17H26N2S/c1-15-13-19-10-6-5-7-16(19)14-18(15)11-12-20-17-8-3-2-4-9-17/h2-4,8-9,15-16H,5-7,10-14H2,1H3. The first-order chi connectivity index (χ1) is 9.83. The molecule has 0 radical (unpaired) electrons. The summed E-state index contributed by atoms with van der Waals surface area (Å²) in [7, 11) is 0. The molecule has 2 aliphatic heterocycles. The van der Waals surface area contributed by atoms with E-state index in [4.69, 9.17) is 0 Å². The van der Waals surface area contributed by atoms with Crippen molar-refractivity contribution in [3.63, 3.8) is 0 Å². The molecule has 0 bridgehead atoms. The Bertz CT molecular complexity index is 409. The van der Waals surface area contributed by atoms with Gasteiger partial charge in [-0.1, -0.05) is 24.6 Å². The number of piperazine rings is 1. The molecule has 2 unspecified atom stereocenters. The van der Waals surface area contributed by atoms with E-state index in [1.165, 1.54) is 56.1 Å². The zero-order chi connectivity index (χ0) is 13.8. The van der Waals surface area contributed by atoms with Crippen LogP contribution in [0.3, 0.4) is 0 Å². The summed E-state index contributed by atoms with van der Waals surface area (Å²) < 4.78 is 0. The molecule has 2 heterocycles. The average Bonchev–Trinajstić information content (AvgIpc) is 2.49. The summed E-state index contributed by atoms with van der Waals surface area (Å²) in [6.45, 7) is 7.53. The maximum Gasteiger partial charge on any atom is 0.0223 e. The summed E-state index contributed by atoms with van der Waals surface area (Å²) in [5.74, 6) is 1.21. The molecular formula is C17H26N2S. The van der Waals surface area contributed by atoms with Crippen molar-refractivity contribution in [1.29, 1.82) is 0 Å². The van der Waals surface area contributed by atoms with Gasteiger partial charge in [0, 0.05) is 42.4 Å². The fourth-order valence-corrected chi connectivity index (χ4v) is 4.43. The summed E-state index contributed by atoms with van der Waals surface area (Å²) in [4.78, 5) is 6.84. The zero-order valence-corrected chi connectivity index (χ0v) is 13.3. The van der Waals surface area contributed by atoms with Crippen molar-refractivity contribution in [2.24, 2.45) is 0 Å². The number of hydrogen-bond acceptors (Lipinski definition) is 3. The first kappa shape index (κ1) is 14.4. The van der Waals surface area contributed by atoms with Gasteiger partial charge in [-0.3, -0.25) is 9.80 Å². The first-order valence-corrected chi connectivity index (χ1v) is 8.97. The molecule has 0 spiro atoms. The number of hydrogen-bond donors (Lipinski definition) is 0. The van der Waals surface area contributed by atoms with Gasteiger partial charge in [-0.25, -0.2) is 0 Å². The van der Waals surface area contributed by atoms with Gasteiger partial charge in [-0.15, -0.1) is 11.8 Å². The van der Waals surface area contributed by atoms with Crippen LogP contribution in [0, 0.1) is 0 Å². The van der Waals surface area contributed by atoms with Gasteiger partial charge < -0.3 is 0 Å². The van der Waals surface area contributed by atoms with Gasteiger partial charge in [0.2, 0.25) is 0 Å². The largest absolute Gasteiger partial charge is 0.298 e. The Kier molecular flexibility index (Phi) is 5.03. The van der Waals surface area contributed by atoms with Gasteiger partial charge in [0.1, 0.15) is 0 Å². The summed E-state index contributed by atoms with van der Waals surface area (Å²) in [5.41, 5.74) is 0. The fraction of sp³-hybridized carbons (Fsp3) is 0.647. The van der Waals surface area contributed by atoms with E-state index < -0.39 is 0 Å². The maximum absolute atomic E-state index is 2.73. The zero-order valence-electron chi connectivity index (χ0n) is 12.5. The molecule has 110 valence electrons. The van der Waals surface area contributed by atoms with Crippen molar-refractivity contribution in [3.8, 4) is 0 Å². The maximum atomic E-state index is 2.73. The Morgan fingerprint density at radius 1 is 1.15 bits per heavy atom. The van der Waals surface area contributed by atoms with E-state index in [9.17, 15) is 0 Å². The molecule has 2 saturated heterocycles. The second-order valence-electron chi connectivity index (χ2n) is 6.15. The Hall–Kier alpha value is -0.510. The normalized spacial score (nSPS) is 28.2. The lowest BCUT2D eigenvalue weighted by molar-refractivity contribution is 0.0188. The molecule has 1 aromatic carbocycles. The van der Waals surface area contributed by atoms with Gasteiger partial charge >= 0.3 is 0 Å². The van der Waals surface area contributed by atoms with Gasteiger partial charge in [0.25, 0.3) is 0 Å². The molecule has 2 atom stereocenters. The second kappa shape index (κ2) is 6.97. The van der Waals surface area contributed by atoms with Crippen molar-refractivity contribution in [3.05, 3.63) is 30.3 Å². The summed E-state index contributed by atoms with van der Waals surface area (Å²) in [6, 6.07) is 12.3. The Labute approximate surface area is 127 Å². The third-order valence-corrected chi connectivity index (χ3v) is 5.70. The van der Waals surface area contributed by atoms with Crippen LogP contribution in [0.2, 0.25) is 0 Å². The Morgan fingerprint density at radius 3 is 2.85 bits per heavy atom. The van der Waals surface area contributed by atoms with E-state index in [2.05, 4.69) is 47.1 Å². The second-order valence-corrected chi connectivity index (χ2v) is 7.32. The molecule has 20 heavy (non-hydrogen) atoms. The molecule has 0 amide bonds. The minimum absolute atomic E-state index is 0.723. The van der Waals surface area contributed by atoms with Crippen LogP contribution in [0.15, 0.2) is 35.2 Å². The molecule has 1 aromatic rings. The topological polar surface area (TPSA) is 6.48 Å². The molecular weight excluding hydrogens is 264 g/mol. The number of benzene rings is 1. The minimum Gasteiger partial charge on any atom is -0.298 e. The molecule has 3 heteroatoms. The number of piperidine rings is 1. The molecule has 0 aromatic heterocycles. The van der Waals surface area contributed by atoms with Crippen molar-refractivity contribution >= 4 is 11.8 Å². The molecule has 2 fully saturated rings. The smallest absolute Gasteiger partial charge is 0.0223 e. The predicted octanol–water partition coefficient (Wildman–Crippen LogP) is 3.34. The number of nitrogens with zero attached hydrogens (tertiary/aromatic N) is 2. The SMILES string of the molecule is CC1CN2CCCCC2CN1CCSc1ccccc1. The van der Waals surface area contributed by atoms with Crippen molar-refractivity contribution in [2.75, 3.05) is 31.9 Å². The van der Waals surface area contributed by atoms with E-state index in [-0.39, 0.29) is 0 Å². The van der Waals surface area contributed by atoms with Crippen molar-refractivity contribution in [2.45, 2.75) is 43.2 Å². The number of fused-ring (bicyclic) bond motifs is 1. The van der Waals surface area contributed by atoms with Gasteiger partial charge in [0.05, 0.1) is 0 Å². The first-order valence-electron chi connectivity index (χ1n) is 7.99. The van der Waals surface area contributed by atoms with Gasteiger partial charge in [-0.05, 0) is 38.4 Å². The van der Waals surface area contributed by atoms with Crippen molar-refractivity contribution in [1.82, 2.24) is 9.80 Å². The third kappa shape index (κ3) is 3.57. The van der Waals surface area contributed by atoms with Crippen LogP contribution in [-0.4, -0.2) is 53.8 Å². The van der Waals surface area contributed by atoms with Crippen LogP contribution in [0.5, 0.6) is 0 Å².